The molecule has 8 nitrogen and oxygen atoms in total. The number of aromatic nitrogens is 5. The summed E-state index contributed by atoms with van der Waals surface area (Å²) in [5, 5.41) is 23.2. The van der Waals surface area contributed by atoms with E-state index >= 15 is 4.39 Å². The highest BCUT2D eigenvalue weighted by molar-refractivity contribution is 6.35. The summed E-state index contributed by atoms with van der Waals surface area (Å²) in [7, 11) is 0. The largest absolute Gasteiger partial charge is 0.395 e. The second-order valence-electron chi connectivity index (χ2n) is 11.2. The smallest absolute Gasteiger partial charge is 0.382 e. The van der Waals surface area contributed by atoms with Gasteiger partial charge in [-0.3, -0.25) is 4.98 Å². The van der Waals surface area contributed by atoms with Crippen LogP contribution in [0.1, 0.15) is 55.2 Å². The third kappa shape index (κ3) is 5.47. The van der Waals surface area contributed by atoms with E-state index in [0.717, 1.165) is 19.9 Å². The average Bonchev–Trinajstić information content (AvgIpc) is 3.66. The van der Waals surface area contributed by atoms with Gasteiger partial charge in [0.15, 0.2) is 0 Å². The Bertz CT molecular complexity index is 1780. The van der Waals surface area contributed by atoms with Crippen molar-refractivity contribution < 1.29 is 30.7 Å². The lowest BCUT2D eigenvalue weighted by atomic mass is 9.92. The molecule has 3 aromatic heterocycles. The molecular weight excluding hydrogens is 617 g/mol. The van der Waals surface area contributed by atoms with Crippen LogP contribution in [0.4, 0.5) is 42.1 Å². The number of pyridine rings is 2. The van der Waals surface area contributed by atoms with E-state index in [1.54, 1.807) is 0 Å². The van der Waals surface area contributed by atoms with Crippen molar-refractivity contribution in [3.8, 4) is 6.07 Å². The van der Waals surface area contributed by atoms with Crippen molar-refractivity contribution >= 4 is 33.9 Å². The van der Waals surface area contributed by atoms with Crippen LogP contribution in [0.3, 0.4) is 0 Å². The molecule has 0 bridgehead atoms. The molecule has 44 heavy (non-hydrogen) atoms. The van der Waals surface area contributed by atoms with E-state index in [-0.39, 0.29) is 62.7 Å². The highest BCUT2D eigenvalue weighted by Crippen LogP contribution is 2.49. The van der Waals surface area contributed by atoms with Crippen molar-refractivity contribution in [2.45, 2.75) is 57.8 Å². The zero-order chi connectivity index (χ0) is 32.2. The number of rotatable bonds is 9. The highest BCUT2D eigenvalue weighted by Gasteiger charge is 2.56. The van der Waals surface area contributed by atoms with Gasteiger partial charge in [-0.15, -0.1) is 5.10 Å². The normalized spacial score (nSPS) is 15.3. The van der Waals surface area contributed by atoms with Gasteiger partial charge in [-0.1, -0.05) is 22.9 Å². The molecule has 1 fully saturated rings. The summed E-state index contributed by atoms with van der Waals surface area (Å²) in [5.41, 5.74) is -3.75. The number of hydrogen-bond donors (Lipinski definition) is 2. The molecule has 1 aliphatic rings. The monoisotopic (exact) mass is 640 g/mol. The van der Waals surface area contributed by atoms with Crippen molar-refractivity contribution in [2.24, 2.45) is 5.41 Å². The Labute approximate surface area is 251 Å². The van der Waals surface area contributed by atoms with Crippen LogP contribution >= 0.6 is 11.6 Å². The van der Waals surface area contributed by atoms with E-state index in [9.17, 15) is 31.6 Å². The Balaban J connectivity index is 1.62. The van der Waals surface area contributed by atoms with Crippen LogP contribution < -0.4 is 10.6 Å². The third-order valence-electron chi connectivity index (χ3n) is 7.74. The molecule has 0 radical (unpaired) electrons. The molecule has 2 N–H and O–H groups in total. The Hall–Kier alpha value is -4.19. The van der Waals surface area contributed by atoms with Crippen molar-refractivity contribution in [1.29, 1.82) is 5.26 Å². The molecule has 232 valence electrons. The molecule has 1 unspecified atom stereocenters. The van der Waals surface area contributed by atoms with Crippen molar-refractivity contribution in [3.63, 3.8) is 0 Å². The minimum Gasteiger partial charge on any atom is -0.382 e. The Morgan fingerprint density at radius 3 is 2.45 bits per heavy atom. The fourth-order valence-corrected chi connectivity index (χ4v) is 5.00. The molecule has 5 rings (SSSR count). The minimum atomic E-state index is -4.56. The van der Waals surface area contributed by atoms with Gasteiger partial charge in [-0.25, -0.2) is 18.4 Å². The van der Waals surface area contributed by atoms with Gasteiger partial charge in [-0.2, -0.15) is 27.2 Å². The van der Waals surface area contributed by atoms with Crippen LogP contribution in [0, 0.1) is 35.6 Å². The molecule has 0 aliphatic heterocycles. The summed E-state index contributed by atoms with van der Waals surface area (Å²) in [6.07, 6.45) is -6.30. The molecule has 0 amide bonds. The maximum absolute atomic E-state index is 15.8. The second-order valence-corrected chi connectivity index (χ2v) is 11.6. The maximum Gasteiger partial charge on any atom is 0.395 e. The fraction of sp³-hybridized carbons (Fsp3) is 0.393. The first-order valence-electron chi connectivity index (χ1n) is 13.2. The molecule has 3 heterocycles. The zero-order valence-electron chi connectivity index (χ0n) is 23.4. The van der Waals surface area contributed by atoms with Crippen LogP contribution in [0.15, 0.2) is 30.5 Å². The van der Waals surface area contributed by atoms with E-state index in [4.69, 9.17) is 11.6 Å². The SMILES string of the molecule is Cc1nc(F)ccc1C(Nc1cc(Cl)c2ncc(C#N)c(NCC(C)(C)C(F)(F)F)c2c1)c1nnn(C2(C(F)F)CC2)c1F. The number of anilines is 2. The van der Waals surface area contributed by atoms with Gasteiger partial charge in [0.1, 0.15) is 23.3 Å². The van der Waals surface area contributed by atoms with Crippen molar-refractivity contribution in [1.82, 2.24) is 25.0 Å². The van der Waals surface area contributed by atoms with Crippen molar-refractivity contribution in [2.75, 3.05) is 17.2 Å². The maximum atomic E-state index is 15.8. The summed E-state index contributed by atoms with van der Waals surface area (Å²) in [6.45, 7) is 2.86. The number of alkyl halides is 5. The van der Waals surface area contributed by atoms with Crippen LogP contribution in [0.2, 0.25) is 5.02 Å². The average molecular weight is 641 g/mol. The zero-order valence-corrected chi connectivity index (χ0v) is 24.1. The van der Waals surface area contributed by atoms with Gasteiger partial charge in [0.05, 0.1) is 27.2 Å². The summed E-state index contributed by atoms with van der Waals surface area (Å²) < 4.78 is 98.5. The predicted molar refractivity (Wildman–Crippen MR) is 147 cm³/mol. The minimum absolute atomic E-state index is 0.00492. The highest BCUT2D eigenvalue weighted by atomic mass is 35.5. The molecule has 1 saturated carbocycles. The third-order valence-corrected chi connectivity index (χ3v) is 8.03. The molecule has 0 saturated heterocycles. The van der Waals surface area contributed by atoms with Gasteiger partial charge < -0.3 is 10.6 Å². The quantitative estimate of drug-likeness (QED) is 0.146. The summed E-state index contributed by atoms with van der Waals surface area (Å²) in [6, 6.07) is 5.82. The van der Waals surface area contributed by atoms with Crippen LogP contribution in [0.25, 0.3) is 10.9 Å². The number of nitrogens with one attached hydrogen (secondary N) is 2. The van der Waals surface area contributed by atoms with E-state index < -0.39 is 48.0 Å². The van der Waals surface area contributed by atoms with Gasteiger partial charge in [0.25, 0.3) is 6.43 Å². The topological polar surface area (TPSA) is 104 Å². The standard InChI is InChI=1S/C28H24ClF7N8/c1-13-16(4-5-19(30)40-13)22(23-24(31)44(43-42-23)27(6-7-27)25(32)33)41-15-8-17-20(39-12-26(2,3)28(34,35)36)14(10-37)11-38-21(17)18(29)9-15/h4-5,8-9,11,22,25,41H,6-7,12H2,1-3H3,(H,38,39). The fourth-order valence-electron chi connectivity index (χ4n) is 4.73. The number of fused-ring (bicyclic) bond motifs is 1. The molecular formula is C28H24ClF7N8. The van der Waals surface area contributed by atoms with E-state index in [2.05, 4.69) is 30.9 Å². The predicted octanol–water partition coefficient (Wildman–Crippen LogP) is 7.29. The lowest BCUT2D eigenvalue weighted by Gasteiger charge is -2.28. The van der Waals surface area contributed by atoms with Gasteiger partial charge in [-0.05, 0) is 51.8 Å². The van der Waals surface area contributed by atoms with Gasteiger partial charge >= 0.3 is 6.18 Å². The Morgan fingerprint density at radius 1 is 1.16 bits per heavy atom. The van der Waals surface area contributed by atoms with Crippen molar-refractivity contribution in [3.05, 3.63) is 69.9 Å². The molecule has 4 aromatic rings. The lowest BCUT2D eigenvalue weighted by molar-refractivity contribution is -0.206. The molecule has 1 aromatic carbocycles. The first kappa shape index (κ1) is 31.2. The second kappa shape index (κ2) is 11.1. The van der Waals surface area contributed by atoms with E-state index in [1.165, 1.54) is 31.3 Å². The summed E-state index contributed by atoms with van der Waals surface area (Å²) in [4.78, 5) is 7.96. The Morgan fingerprint density at radius 2 is 1.86 bits per heavy atom. The summed E-state index contributed by atoms with van der Waals surface area (Å²) >= 11 is 6.51. The van der Waals surface area contributed by atoms with E-state index in [1.807, 2.05) is 6.07 Å². The number of nitrogens with zero attached hydrogens (tertiary/aromatic N) is 6. The molecule has 0 spiro atoms. The lowest BCUT2D eigenvalue weighted by Crippen LogP contribution is -2.38. The number of hydrogen-bond acceptors (Lipinski definition) is 7. The Kier molecular flexibility index (Phi) is 7.86. The van der Waals surface area contributed by atoms with Gasteiger partial charge in [0.2, 0.25) is 11.9 Å². The van der Waals surface area contributed by atoms with Crippen LogP contribution in [-0.4, -0.2) is 44.1 Å². The van der Waals surface area contributed by atoms with E-state index in [0.29, 0.717) is 4.68 Å². The van der Waals surface area contributed by atoms with Crippen LogP contribution in [0.5, 0.6) is 0 Å². The van der Waals surface area contributed by atoms with Crippen LogP contribution in [-0.2, 0) is 5.54 Å². The molecule has 1 atom stereocenters. The molecule has 16 heteroatoms. The molecule has 1 aliphatic carbocycles. The number of nitriles is 1. The number of benzene rings is 1. The van der Waals surface area contributed by atoms with Gasteiger partial charge in [0, 0.05) is 35.1 Å². The first-order valence-corrected chi connectivity index (χ1v) is 13.6. The number of aryl methyl sites for hydroxylation is 1. The number of halogens is 8. The first-order chi connectivity index (χ1) is 20.6. The summed E-state index contributed by atoms with van der Waals surface area (Å²) in [5.74, 6) is -1.95.